The molecular weight excluding hydrogens is 402 g/mol. The molecule has 0 unspecified atom stereocenters. The third-order valence-corrected chi connectivity index (χ3v) is 5.93. The monoisotopic (exact) mass is 427 g/mol. The summed E-state index contributed by atoms with van der Waals surface area (Å²) in [4.78, 5) is 17.6. The molecule has 5 rings (SSSR count). The number of benzene rings is 1. The number of aryl methyl sites for hydroxylation is 3. The lowest BCUT2D eigenvalue weighted by Gasteiger charge is -2.10. The highest BCUT2D eigenvalue weighted by Crippen LogP contribution is 2.33. The topological polar surface area (TPSA) is 74.0 Å². The molecule has 1 aromatic carbocycles. The summed E-state index contributed by atoms with van der Waals surface area (Å²) < 4.78 is 8.88. The Labute approximate surface area is 186 Å². The maximum absolute atomic E-state index is 13.0. The fourth-order valence-corrected chi connectivity index (χ4v) is 4.28. The van der Waals surface area contributed by atoms with Crippen LogP contribution in [0.5, 0.6) is 5.75 Å². The van der Waals surface area contributed by atoms with Crippen LogP contribution in [0.3, 0.4) is 0 Å². The summed E-state index contributed by atoms with van der Waals surface area (Å²) in [6.45, 7) is 6.69. The first-order valence-electron chi connectivity index (χ1n) is 10.6. The number of pyridine rings is 2. The molecule has 0 saturated heterocycles. The average molecular weight is 428 g/mol. The van der Waals surface area contributed by atoms with E-state index in [2.05, 4.69) is 10.3 Å². The van der Waals surface area contributed by atoms with E-state index in [1.54, 1.807) is 17.9 Å². The first kappa shape index (κ1) is 20.1. The maximum Gasteiger partial charge on any atom is 0.259 e. The van der Waals surface area contributed by atoms with Gasteiger partial charge in [0.1, 0.15) is 11.6 Å². The minimum atomic E-state index is -0.0806. The summed E-state index contributed by atoms with van der Waals surface area (Å²) in [5, 5.41) is 8.28. The molecule has 0 amide bonds. The Bertz CT molecular complexity index is 1400. The van der Waals surface area contributed by atoms with Gasteiger partial charge in [0.15, 0.2) is 5.82 Å². The van der Waals surface area contributed by atoms with Gasteiger partial charge in [0, 0.05) is 41.3 Å². The molecule has 32 heavy (non-hydrogen) atoms. The number of methoxy groups -OCH3 is 1. The van der Waals surface area contributed by atoms with Crippen LogP contribution in [0.4, 0.5) is 5.82 Å². The second-order valence-electron chi connectivity index (χ2n) is 8.14. The number of rotatable bonds is 4. The van der Waals surface area contributed by atoms with Crippen molar-refractivity contribution in [3.63, 3.8) is 0 Å². The molecule has 7 nitrogen and oxygen atoms in total. The normalized spacial score (nSPS) is 12.5. The predicted octanol–water partition coefficient (Wildman–Crippen LogP) is 3.99. The summed E-state index contributed by atoms with van der Waals surface area (Å²) in [5.74, 6) is 2.30. The van der Waals surface area contributed by atoms with E-state index in [0.29, 0.717) is 11.4 Å². The van der Waals surface area contributed by atoms with Crippen molar-refractivity contribution in [2.45, 2.75) is 27.2 Å². The molecule has 0 aliphatic carbocycles. The van der Waals surface area contributed by atoms with Gasteiger partial charge in [0.05, 0.1) is 12.8 Å². The van der Waals surface area contributed by atoms with Crippen LogP contribution in [0.2, 0.25) is 0 Å². The molecule has 0 radical (unpaired) electrons. The van der Waals surface area contributed by atoms with Crippen LogP contribution in [0.1, 0.15) is 22.4 Å². The molecule has 1 aliphatic rings. The van der Waals surface area contributed by atoms with Crippen LogP contribution >= 0.6 is 0 Å². The Kier molecular flexibility index (Phi) is 4.81. The number of aromatic nitrogens is 4. The van der Waals surface area contributed by atoms with Gasteiger partial charge in [-0.15, -0.1) is 5.10 Å². The van der Waals surface area contributed by atoms with E-state index in [1.807, 2.05) is 68.0 Å². The molecule has 0 bridgehead atoms. The van der Waals surface area contributed by atoms with Crippen molar-refractivity contribution in [3.8, 4) is 28.4 Å². The third kappa shape index (κ3) is 3.26. The van der Waals surface area contributed by atoms with Gasteiger partial charge in [-0.3, -0.25) is 9.36 Å². The zero-order valence-corrected chi connectivity index (χ0v) is 18.6. The molecule has 0 saturated carbocycles. The Morgan fingerprint density at radius 1 is 1.06 bits per heavy atom. The summed E-state index contributed by atoms with van der Waals surface area (Å²) in [6.07, 6.45) is 4.66. The van der Waals surface area contributed by atoms with Crippen LogP contribution < -0.4 is 15.6 Å². The van der Waals surface area contributed by atoms with Gasteiger partial charge in [0.25, 0.3) is 5.56 Å². The Morgan fingerprint density at radius 2 is 1.91 bits per heavy atom. The van der Waals surface area contributed by atoms with Crippen molar-refractivity contribution >= 4 is 5.82 Å². The van der Waals surface area contributed by atoms with E-state index in [0.717, 1.165) is 58.2 Å². The minimum absolute atomic E-state index is 0.0806. The van der Waals surface area contributed by atoms with Gasteiger partial charge >= 0.3 is 0 Å². The van der Waals surface area contributed by atoms with Crippen molar-refractivity contribution in [3.05, 3.63) is 81.5 Å². The fourth-order valence-electron chi connectivity index (χ4n) is 4.28. The molecule has 1 aliphatic heterocycles. The molecule has 4 heterocycles. The molecule has 162 valence electrons. The molecule has 0 spiro atoms. The van der Waals surface area contributed by atoms with Crippen LogP contribution in [-0.4, -0.2) is 33.0 Å². The maximum atomic E-state index is 13.0. The minimum Gasteiger partial charge on any atom is -0.497 e. The summed E-state index contributed by atoms with van der Waals surface area (Å²) >= 11 is 0. The highest BCUT2D eigenvalue weighted by Gasteiger charge is 2.22. The van der Waals surface area contributed by atoms with Crippen molar-refractivity contribution in [1.29, 1.82) is 0 Å². The first-order valence-corrected chi connectivity index (χ1v) is 10.6. The van der Waals surface area contributed by atoms with Crippen molar-refractivity contribution < 1.29 is 4.74 Å². The van der Waals surface area contributed by atoms with E-state index in [-0.39, 0.29) is 5.56 Å². The van der Waals surface area contributed by atoms with Crippen LogP contribution in [0.15, 0.2) is 53.6 Å². The standard InChI is InChI=1S/C25H25N5O2/c1-15-6-5-11-29(25(15)31)24-21(19-8-7-18(32-4)12-16(19)2)14-30(28-24)22-13-17(3)27-23-20(22)9-10-26-23/h5-8,11-14H,9-10H2,1-4H3,(H,26,27). The second-order valence-corrected chi connectivity index (χ2v) is 8.14. The van der Waals surface area contributed by atoms with E-state index >= 15 is 0 Å². The number of anilines is 1. The van der Waals surface area contributed by atoms with Gasteiger partial charge in [-0.1, -0.05) is 12.1 Å². The van der Waals surface area contributed by atoms with E-state index < -0.39 is 0 Å². The molecule has 4 aromatic rings. The SMILES string of the molecule is COc1ccc(-c2cn(-c3cc(C)nc4c3CCN4)nc2-n2cccc(C)c2=O)c(C)c1. The van der Waals surface area contributed by atoms with Crippen molar-refractivity contribution in [1.82, 2.24) is 19.3 Å². The number of ether oxygens (including phenoxy) is 1. The summed E-state index contributed by atoms with van der Waals surface area (Å²) in [7, 11) is 1.66. The van der Waals surface area contributed by atoms with Crippen LogP contribution in [0, 0.1) is 20.8 Å². The zero-order valence-electron chi connectivity index (χ0n) is 18.6. The predicted molar refractivity (Wildman–Crippen MR) is 125 cm³/mol. The quantitative estimate of drug-likeness (QED) is 0.533. The van der Waals surface area contributed by atoms with Gasteiger partial charge in [-0.2, -0.15) is 0 Å². The smallest absolute Gasteiger partial charge is 0.259 e. The fraction of sp³-hybridized carbons (Fsp3) is 0.240. The van der Waals surface area contributed by atoms with E-state index in [9.17, 15) is 4.79 Å². The van der Waals surface area contributed by atoms with Crippen LogP contribution in [0.25, 0.3) is 22.6 Å². The highest BCUT2D eigenvalue weighted by molar-refractivity contribution is 5.75. The molecule has 1 N–H and O–H groups in total. The van der Waals surface area contributed by atoms with Gasteiger partial charge in [-0.25, -0.2) is 9.67 Å². The number of hydrogen-bond acceptors (Lipinski definition) is 5. The largest absolute Gasteiger partial charge is 0.497 e. The lowest BCUT2D eigenvalue weighted by Crippen LogP contribution is -2.20. The zero-order chi connectivity index (χ0) is 22.4. The van der Waals surface area contributed by atoms with E-state index in [1.165, 1.54) is 0 Å². The number of nitrogens with one attached hydrogen (secondary N) is 1. The van der Waals surface area contributed by atoms with Crippen molar-refractivity contribution in [2.24, 2.45) is 0 Å². The third-order valence-electron chi connectivity index (χ3n) is 5.93. The first-order chi connectivity index (χ1) is 15.5. The van der Waals surface area contributed by atoms with Crippen LogP contribution in [-0.2, 0) is 6.42 Å². The highest BCUT2D eigenvalue weighted by atomic mass is 16.5. The molecule has 3 aromatic heterocycles. The molecular formula is C25H25N5O2. The van der Waals surface area contributed by atoms with Crippen molar-refractivity contribution in [2.75, 3.05) is 19.0 Å². The van der Waals surface area contributed by atoms with E-state index in [4.69, 9.17) is 9.84 Å². The summed E-state index contributed by atoms with van der Waals surface area (Å²) in [5.41, 5.74) is 6.56. The molecule has 0 atom stereocenters. The van der Waals surface area contributed by atoms with Gasteiger partial charge in [0.2, 0.25) is 0 Å². The van der Waals surface area contributed by atoms with Gasteiger partial charge < -0.3 is 10.1 Å². The lowest BCUT2D eigenvalue weighted by atomic mass is 10.0. The Balaban J connectivity index is 1.78. The molecule has 7 heteroatoms. The molecule has 0 fully saturated rings. The number of hydrogen-bond donors (Lipinski definition) is 1. The number of fused-ring (bicyclic) bond motifs is 1. The van der Waals surface area contributed by atoms with Gasteiger partial charge in [-0.05, 0) is 62.6 Å². The average Bonchev–Trinajstić information content (AvgIpc) is 3.42. The Morgan fingerprint density at radius 3 is 2.69 bits per heavy atom. The summed E-state index contributed by atoms with van der Waals surface area (Å²) in [6, 6.07) is 11.7. The second kappa shape index (κ2) is 7.67. The lowest BCUT2D eigenvalue weighted by molar-refractivity contribution is 0.414. The Hall–Kier alpha value is -3.87. The number of nitrogens with zero attached hydrogens (tertiary/aromatic N) is 4.